The van der Waals surface area contributed by atoms with Crippen molar-refractivity contribution in [1.82, 2.24) is 5.32 Å². The number of anilines is 2. The number of nitrogens with one attached hydrogen (secondary N) is 2. The van der Waals surface area contributed by atoms with Crippen molar-refractivity contribution in [2.45, 2.75) is 26.2 Å². The fourth-order valence-electron chi connectivity index (χ4n) is 1.81. The first kappa shape index (κ1) is 15.8. The minimum Gasteiger partial charge on any atom is -0.399 e. The Morgan fingerprint density at radius 1 is 1.25 bits per heavy atom. The lowest BCUT2D eigenvalue weighted by Crippen LogP contribution is -2.24. The zero-order valence-electron chi connectivity index (χ0n) is 11.7. The highest BCUT2D eigenvalue weighted by molar-refractivity contribution is 6.00. The predicted octanol–water partition coefficient (Wildman–Crippen LogP) is 1.09. The summed E-state index contributed by atoms with van der Waals surface area (Å²) in [6.45, 7) is 3.09. The maximum absolute atomic E-state index is 11.9. The van der Waals surface area contributed by atoms with Gasteiger partial charge in [0.1, 0.15) is 0 Å². The number of hydrogen-bond acceptors (Lipinski definition) is 4. The van der Waals surface area contributed by atoms with E-state index in [4.69, 9.17) is 11.5 Å². The molecule has 0 saturated carbocycles. The van der Waals surface area contributed by atoms with Crippen molar-refractivity contribution in [3.8, 4) is 0 Å². The molecule has 0 bridgehead atoms. The van der Waals surface area contributed by atoms with Crippen LogP contribution in [0, 0.1) is 0 Å². The number of nitrogen functional groups attached to an aromatic ring is 1. The third-order valence-corrected chi connectivity index (χ3v) is 2.79. The standard InChI is InChI=1S/C14H22N4O2/c1-2-17-14(20)11-7-6-10(15)9-12(11)18-8-4-3-5-13(16)19/h6-7,9,18H,2-5,8,15H2,1H3,(H2,16,19)(H,17,20). The van der Waals surface area contributed by atoms with Crippen LogP contribution in [0.5, 0.6) is 0 Å². The SMILES string of the molecule is CCNC(=O)c1ccc(N)cc1NCCCCC(N)=O. The summed E-state index contributed by atoms with van der Waals surface area (Å²) in [5, 5.41) is 5.93. The average Bonchev–Trinajstić information content (AvgIpc) is 2.38. The van der Waals surface area contributed by atoms with Gasteiger partial charge in [0.15, 0.2) is 0 Å². The smallest absolute Gasteiger partial charge is 0.253 e. The van der Waals surface area contributed by atoms with E-state index in [-0.39, 0.29) is 11.8 Å². The van der Waals surface area contributed by atoms with Gasteiger partial charge in [-0.2, -0.15) is 0 Å². The van der Waals surface area contributed by atoms with Crippen molar-refractivity contribution in [2.75, 3.05) is 24.1 Å². The molecular formula is C14H22N4O2. The molecule has 0 fully saturated rings. The highest BCUT2D eigenvalue weighted by Gasteiger charge is 2.10. The van der Waals surface area contributed by atoms with Gasteiger partial charge in [-0.3, -0.25) is 9.59 Å². The molecule has 1 aromatic rings. The van der Waals surface area contributed by atoms with Gasteiger partial charge in [0, 0.05) is 30.9 Å². The van der Waals surface area contributed by atoms with E-state index in [1.807, 2.05) is 6.92 Å². The highest BCUT2D eigenvalue weighted by Crippen LogP contribution is 2.19. The van der Waals surface area contributed by atoms with Gasteiger partial charge in [-0.1, -0.05) is 0 Å². The van der Waals surface area contributed by atoms with E-state index >= 15 is 0 Å². The summed E-state index contributed by atoms with van der Waals surface area (Å²) in [7, 11) is 0. The molecule has 6 N–H and O–H groups in total. The summed E-state index contributed by atoms with van der Waals surface area (Å²) in [6, 6.07) is 5.13. The fraction of sp³-hybridized carbons (Fsp3) is 0.429. The molecular weight excluding hydrogens is 256 g/mol. The summed E-state index contributed by atoms with van der Waals surface area (Å²) in [4.78, 5) is 22.5. The summed E-state index contributed by atoms with van der Waals surface area (Å²) < 4.78 is 0. The van der Waals surface area contributed by atoms with Crippen LogP contribution in [0.4, 0.5) is 11.4 Å². The van der Waals surface area contributed by atoms with Gasteiger partial charge in [-0.15, -0.1) is 0 Å². The molecule has 20 heavy (non-hydrogen) atoms. The minimum absolute atomic E-state index is 0.132. The largest absolute Gasteiger partial charge is 0.399 e. The summed E-state index contributed by atoms with van der Waals surface area (Å²) in [5.74, 6) is -0.427. The van der Waals surface area contributed by atoms with Crippen molar-refractivity contribution in [2.24, 2.45) is 5.73 Å². The molecule has 0 heterocycles. The molecule has 110 valence electrons. The number of hydrogen-bond donors (Lipinski definition) is 4. The molecule has 0 saturated heterocycles. The number of unbranched alkanes of at least 4 members (excludes halogenated alkanes) is 1. The second-order valence-electron chi connectivity index (χ2n) is 4.51. The van der Waals surface area contributed by atoms with Crippen LogP contribution in [-0.2, 0) is 4.79 Å². The second-order valence-corrected chi connectivity index (χ2v) is 4.51. The molecule has 0 radical (unpaired) electrons. The Morgan fingerprint density at radius 3 is 2.65 bits per heavy atom. The van der Waals surface area contributed by atoms with E-state index in [9.17, 15) is 9.59 Å². The second kappa shape index (κ2) is 8.04. The van der Waals surface area contributed by atoms with Crippen LogP contribution >= 0.6 is 0 Å². The normalized spacial score (nSPS) is 10.1. The van der Waals surface area contributed by atoms with Crippen LogP contribution in [0.1, 0.15) is 36.5 Å². The van der Waals surface area contributed by atoms with E-state index in [1.165, 1.54) is 0 Å². The van der Waals surface area contributed by atoms with Gasteiger partial charge in [0.05, 0.1) is 5.56 Å². The number of primary amides is 1. The van der Waals surface area contributed by atoms with Crippen molar-refractivity contribution in [3.05, 3.63) is 23.8 Å². The number of amides is 2. The van der Waals surface area contributed by atoms with E-state index < -0.39 is 0 Å². The molecule has 2 amide bonds. The lowest BCUT2D eigenvalue weighted by Gasteiger charge is -2.12. The lowest BCUT2D eigenvalue weighted by atomic mass is 10.1. The van der Waals surface area contributed by atoms with Gasteiger partial charge in [-0.25, -0.2) is 0 Å². The zero-order chi connectivity index (χ0) is 15.0. The maximum atomic E-state index is 11.9. The van der Waals surface area contributed by atoms with Crippen LogP contribution in [0.15, 0.2) is 18.2 Å². The topological polar surface area (TPSA) is 110 Å². The van der Waals surface area contributed by atoms with Crippen LogP contribution in [-0.4, -0.2) is 24.9 Å². The molecule has 0 aliphatic carbocycles. The maximum Gasteiger partial charge on any atom is 0.253 e. The number of carbonyl (C=O) groups is 2. The third kappa shape index (κ3) is 5.17. The minimum atomic E-state index is -0.294. The van der Waals surface area contributed by atoms with Gasteiger partial charge in [-0.05, 0) is 38.0 Å². The Kier molecular flexibility index (Phi) is 6.36. The van der Waals surface area contributed by atoms with E-state index in [2.05, 4.69) is 10.6 Å². The zero-order valence-corrected chi connectivity index (χ0v) is 11.7. The molecule has 1 aromatic carbocycles. The number of benzene rings is 1. The molecule has 0 atom stereocenters. The third-order valence-electron chi connectivity index (χ3n) is 2.79. The molecule has 1 rings (SSSR count). The number of nitrogens with two attached hydrogens (primary N) is 2. The Bertz CT molecular complexity index is 474. The lowest BCUT2D eigenvalue weighted by molar-refractivity contribution is -0.118. The molecule has 0 unspecified atom stereocenters. The van der Waals surface area contributed by atoms with Crippen molar-refractivity contribution < 1.29 is 9.59 Å². The summed E-state index contributed by atoms with van der Waals surface area (Å²) in [6.07, 6.45) is 1.90. The van der Waals surface area contributed by atoms with Crippen LogP contribution in [0.2, 0.25) is 0 Å². The molecule has 0 aromatic heterocycles. The van der Waals surface area contributed by atoms with Crippen LogP contribution < -0.4 is 22.1 Å². The number of carbonyl (C=O) groups excluding carboxylic acids is 2. The average molecular weight is 278 g/mol. The van der Waals surface area contributed by atoms with E-state index in [0.717, 1.165) is 12.8 Å². The Labute approximate surface area is 118 Å². The van der Waals surface area contributed by atoms with Gasteiger partial charge in [0.25, 0.3) is 5.91 Å². The fourth-order valence-corrected chi connectivity index (χ4v) is 1.81. The van der Waals surface area contributed by atoms with E-state index in [0.29, 0.717) is 36.4 Å². The molecule has 0 aliphatic rings. The van der Waals surface area contributed by atoms with Gasteiger partial charge >= 0.3 is 0 Å². The molecule has 6 heteroatoms. The molecule has 0 aliphatic heterocycles. The van der Waals surface area contributed by atoms with Gasteiger partial charge in [0.2, 0.25) is 5.91 Å². The highest BCUT2D eigenvalue weighted by atomic mass is 16.2. The van der Waals surface area contributed by atoms with Crippen molar-refractivity contribution in [1.29, 1.82) is 0 Å². The first-order valence-corrected chi connectivity index (χ1v) is 6.74. The number of rotatable bonds is 8. The monoisotopic (exact) mass is 278 g/mol. The van der Waals surface area contributed by atoms with Crippen molar-refractivity contribution >= 4 is 23.2 Å². The molecule has 6 nitrogen and oxygen atoms in total. The Hall–Kier alpha value is -2.24. The first-order chi connectivity index (χ1) is 9.54. The predicted molar refractivity (Wildman–Crippen MR) is 80.4 cm³/mol. The quantitative estimate of drug-likeness (QED) is 0.421. The Balaban J connectivity index is 2.60. The summed E-state index contributed by atoms with van der Waals surface area (Å²) in [5.41, 5.74) is 12.7. The van der Waals surface area contributed by atoms with Gasteiger partial charge < -0.3 is 22.1 Å². The van der Waals surface area contributed by atoms with E-state index in [1.54, 1.807) is 18.2 Å². The molecule has 0 spiro atoms. The summed E-state index contributed by atoms with van der Waals surface area (Å²) >= 11 is 0. The Morgan fingerprint density at radius 2 is 2.00 bits per heavy atom. The van der Waals surface area contributed by atoms with Crippen LogP contribution in [0.25, 0.3) is 0 Å². The van der Waals surface area contributed by atoms with Crippen molar-refractivity contribution in [3.63, 3.8) is 0 Å². The van der Waals surface area contributed by atoms with Crippen LogP contribution in [0.3, 0.4) is 0 Å². The first-order valence-electron chi connectivity index (χ1n) is 6.74.